The number of ether oxygens (including phenoxy) is 1. The van der Waals surface area contributed by atoms with Gasteiger partial charge >= 0.3 is 12.0 Å². The number of carbonyl (C=O) groups excluding carboxylic acids is 3. The summed E-state index contributed by atoms with van der Waals surface area (Å²) in [5, 5.41) is 5.44. The predicted octanol–water partition coefficient (Wildman–Crippen LogP) is 2.96. The van der Waals surface area contributed by atoms with Gasteiger partial charge in [-0.05, 0) is 49.2 Å². The lowest BCUT2D eigenvalue weighted by atomic mass is 9.91. The van der Waals surface area contributed by atoms with Crippen molar-refractivity contribution in [2.75, 3.05) is 18.5 Å². The average molecular weight is 409 g/mol. The summed E-state index contributed by atoms with van der Waals surface area (Å²) in [6.07, 6.45) is 0. The molecule has 2 heterocycles. The fraction of sp³-hybridized carbons (Fsp3) is 0.227. The number of benzene rings is 2. The van der Waals surface area contributed by atoms with Crippen molar-refractivity contribution in [3.8, 4) is 0 Å². The number of nitrogens with one attached hydrogen (secondary N) is 2. The van der Waals surface area contributed by atoms with E-state index in [-0.39, 0.29) is 13.2 Å². The SMILES string of the molecule is Cc1ccc(C)c(C2NC(=O)N(CC(=O)Nc3ccc(F)cc3)C3=C2C(=O)OC3)c1. The van der Waals surface area contributed by atoms with Crippen molar-refractivity contribution in [3.05, 3.63) is 76.2 Å². The molecule has 4 rings (SSSR count). The van der Waals surface area contributed by atoms with Crippen LogP contribution >= 0.6 is 0 Å². The van der Waals surface area contributed by atoms with Crippen molar-refractivity contribution in [1.82, 2.24) is 10.2 Å². The molecular formula is C22H20FN3O4. The Bertz CT molecular complexity index is 1080. The number of halogens is 1. The van der Waals surface area contributed by atoms with E-state index in [1.807, 2.05) is 32.0 Å². The van der Waals surface area contributed by atoms with Gasteiger partial charge in [0.1, 0.15) is 19.0 Å². The van der Waals surface area contributed by atoms with Crippen molar-refractivity contribution < 1.29 is 23.5 Å². The first-order chi connectivity index (χ1) is 14.3. The van der Waals surface area contributed by atoms with E-state index < -0.39 is 29.8 Å². The molecule has 7 nitrogen and oxygen atoms in total. The first-order valence-corrected chi connectivity index (χ1v) is 9.44. The Hall–Kier alpha value is -3.68. The van der Waals surface area contributed by atoms with Gasteiger partial charge in [-0.25, -0.2) is 14.0 Å². The maximum Gasteiger partial charge on any atom is 0.338 e. The van der Waals surface area contributed by atoms with Gasteiger partial charge in [0, 0.05) is 5.69 Å². The number of anilines is 1. The molecule has 0 spiro atoms. The van der Waals surface area contributed by atoms with Crippen LogP contribution in [0.5, 0.6) is 0 Å². The van der Waals surface area contributed by atoms with Gasteiger partial charge in [-0.1, -0.05) is 23.8 Å². The number of hydrogen-bond donors (Lipinski definition) is 2. The second kappa shape index (κ2) is 7.62. The Morgan fingerprint density at radius 1 is 1.20 bits per heavy atom. The molecule has 30 heavy (non-hydrogen) atoms. The van der Waals surface area contributed by atoms with Crippen LogP contribution in [0.15, 0.2) is 53.7 Å². The molecule has 0 aliphatic carbocycles. The van der Waals surface area contributed by atoms with Crippen LogP contribution in [0.4, 0.5) is 14.9 Å². The number of esters is 1. The van der Waals surface area contributed by atoms with Gasteiger partial charge in [-0.2, -0.15) is 0 Å². The summed E-state index contributed by atoms with van der Waals surface area (Å²) in [5.41, 5.74) is 3.85. The first-order valence-electron chi connectivity index (χ1n) is 9.44. The second-order valence-electron chi connectivity index (χ2n) is 7.32. The zero-order valence-corrected chi connectivity index (χ0v) is 16.5. The number of urea groups is 1. The largest absolute Gasteiger partial charge is 0.456 e. The summed E-state index contributed by atoms with van der Waals surface area (Å²) in [4.78, 5) is 39.0. The van der Waals surface area contributed by atoms with E-state index in [0.717, 1.165) is 16.7 Å². The van der Waals surface area contributed by atoms with Crippen LogP contribution in [-0.2, 0) is 14.3 Å². The van der Waals surface area contributed by atoms with E-state index in [4.69, 9.17) is 4.74 Å². The number of amides is 3. The summed E-state index contributed by atoms with van der Waals surface area (Å²) in [6, 6.07) is 9.97. The molecule has 2 aliphatic heterocycles. The molecule has 2 N–H and O–H groups in total. The van der Waals surface area contributed by atoms with Crippen molar-refractivity contribution in [1.29, 1.82) is 0 Å². The first kappa shape index (κ1) is 19.6. The molecule has 2 aliphatic rings. The highest BCUT2D eigenvalue weighted by Gasteiger charge is 2.43. The smallest absolute Gasteiger partial charge is 0.338 e. The predicted molar refractivity (Wildman–Crippen MR) is 107 cm³/mol. The van der Waals surface area contributed by atoms with Crippen molar-refractivity contribution in [2.24, 2.45) is 0 Å². The van der Waals surface area contributed by atoms with Crippen molar-refractivity contribution in [2.45, 2.75) is 19.9 Å². The van der Waals surface area contributed by atoms with Crippen molar-refractivity contribution in [3.63, 3.8) is 0 Å². The minimum atomic E-state index is -0.640. The maximum absolute atomic E-state index is 13.0. The molecule has 8 heteroatoms. The molecule has 0 saturated carbocycles. The Morgan fingerprint density at radius 3 is 2.67 bits per heavy atom. The van der Waals surface area contributed by atoms with E-state index in [1.54, 1.807) is 0 Å². The number of rotatable bonds is 4. The normalized spacial score (nSPS) is 18.1. The number of hydrogen-bond acceptors (Lipinski definition) is 4. The Balaban J connectivity index is 1.62. The van der Waals surface area contributed by atoms with Gasteiger partial charge in [-0.15, -0.1) is 0 Å². The monoisotopic (exact) mass is 409 g/mol. The molecule has 0 aromatic heterocycles. The molecule has 0 fully saturated rings. The molecular weight excluding hydrogens is 389 g/mol. The summed E-state index contributed by atoms with van der Waals surface area (Å²) in [5.74, 6) is -1.41. The second-order valence-corrected chi connectivity index (χ2v) is 7.32. The van der Waals surface area contributed by atoms with E-state index in [2.05, 4.69) is 10.6 Å². The van der Waals surface area contributed by atoms with Gasteiger partial charge in [0.25, 0.3) is 0 Å². The quantitative estimate of drug-likeness (QED) is 0.760. The fourth-order valence-electron chi connectivity index (χ4n) is 3.66. The lowest BCUT2D eigenvalue weighted by Gasteiger charge is -2.33. The van der Waals surface area contributed by atoms with Crippen molar-refractivity contribution >= 4 is 23.6 Å². The zero-order chi connectivity index (χ0) is 21.4. The minimum absolute atomic E-state index is 0.0766. The zero-order valence-electron chi connectivity index (χ0n) is 16.5. The average Bonchev–Trinajstić information content (AvgIpc) is 3.09. The molecule has 1 unspecified atom stereocenters. The summed E-state index contributed by atoms with van der Waals surface area (Å²) < 4.78 is 18.2. The third-order valence-corrected chi connectivity index (χ3v) is 5.17. The molecule has 1 atom stereocenters. The van der Waals surface area contributed by atoms with Gasteiger partial charge in [-0.3, -0.25) is 9.69 Å². The molecule has 0 saturated heterocycles. The highest BCUT2D eigenvalue weighted by molar-refractivity contribution is 6.00. The standard InChI is InChI=1S/C22H20FN3O4/c1-12-3-4-13(2)16(9-12)20-19-17(11-30-21(19)28)26(22(29)25-20)10-18(27)24-15-7-5-14(23)6-8-15/h3-9,20H,10-11H2,1-2H3,(H,24,27)(H,25,29). The van der Waals surface area contributed by atoms with Gasteiger partial charge in [0.05, 0.1) is 17.3 Å². The molecule has 3 amide bonds. The summed E-state index contributed by atoms with van der Waals surface area (Å²) in [7, 11) is 0. The minimum Gasteiger partial charge on any atom is -0.456 e. The number of aryl methyl sites for hydroxylation is 2. The van der Waals surface area contributed by atoms with Crippen LogP contribution in [0.3, 0.4) is 0 Å². The third kappa shape index (κ3) is 3.63. The molecule has 2 aromatic rings. The summed E-state index contributed by atoms with van der Waals surface area (Å²) >= 11 is 0. The van der Waals surface area contributed by atoms with Gasteiger partial charge in [0.2, 0.25) is 5.91 Å². The van der Waals surface area contributed by atoms with Gasteiger partial charge in [0.15, 0.2) is 0 Å². The number of carbonyl (C=O) groups is 3. The van der Waals surface area contributed by atoms with Crippen LogP contribution < -0.4 is 10.6 Å². The van der Waals surface area contributed by atoms with Gasteiger partial charge < -0.3 is 15.4 Å². The van der Waals surface area contributed by atoms with Crippen LogP contribution in [0.1, 0.15) is 22.7 Å². The molecule has 0 radical (unpaired) electrons. The topological polar surface area (TPSA) is 87.7 Å². The van der Waals surface area contributed by atoms with E-state index >= 15 is 0 Å². The fourth-order valence-corrected chi connectivity index (χ4v) is 3.66. The summed E-state index contributed by atoms with van der Waals surface area (Å²) in [6.45, 7) is 3.46. The van der Waals surface area contributed by atoms with Crippen LogP contribution in [0.25, 0.3) is 0 Å². The Morgan fingerprint density at radius 2 is 1.93 bits per heavy atom. The number of cyclic esters (lactones) is 1. The Labute approximate surface area is 172 Å². The van der Waals surface area contributed by atoms with E-state index in [0.29, 0.717) is 17.0 Å². The highest BCUT2D eigenvalue weighted by Crippen LogP contribution is 2.36. The maximum atomic E-state index is 13.0. The highest BCUT2D eigenvalue weighted by atomic mass is 19.1. The Kier molecular flexibility index (Phi) is 4.99. The lowest BCUT2D eigenvalue weighted by molar-refractivity contribution is -0.136. The molecule has 2 aromatic carbocycles. The third-order valence-electron chi connectivity index (χ3n) is 5.17. The van der Waals surface area contributed by atoms with Crippen LogP contribution in [0.2, 0.25) is 0 Å². The molecule has 154 valence electrons. The van der Waals surface area contributed by atoms with E-state index in [9.17, 15) is 18.8 Å². The van der Waals surface area contributed by atoms with Crippen LogP contribution in [0, 0.1) is 19.7 Å². The molecule has 0 bridgehead atoms. The van der Waals surface area contributed by atoms with Crippen LogP contribution in [-0.4, -0.2) is 36.0 Å². The lowest BCUT2D eigenvalue weighted by Crippen LogP contribution is -2.49. The number of nitrogens with zero attached hydrogens (tertiary/aromatic N) is 1. The van der Waals surface area contributed by atoms with E-state index in [1.165, 1.54) is 29.2 Å².